The summed E-state index contributed by atoms with van der Waals surface area (Å²) < 4.78 is 37.4. The highest BCUT2D eigenvalue weighted by molar-refractivity contribution is 7.11. The number of benzene rings is 2. The number of fused-ring (bicyclic) bond motifs is 3. The maximum Gasteiger partial charge on any atom is 0.490 e. The van der Waals surface area contributed by atoms with Gasteiger partial charge >= 0.3 is 12.1 Å². The first-order chi connectivity index (χ1) is 20.6. The molecule has 6 rings (SSSR count). The third-order valence-electron chi connectivity index (χ3n) is 7.11. The Balaban J connectivity index is 0.000000472. The molecule has 1 aliphatic heterocycles. The highest BCUT2D eigenvalue weighted by Gasteiger charge is 2.38. The van der Waals surface area contributed by atoms with E-state index in [1.165, 1.54) is 22.3 Å². The Bertz CT molecular complexity index is 1670. The van der Waals surface area contributed by atoms with Crippen molar-refractivity contribution in [3.8, 4) is 40.1 Å². The predicted octanol–water partition coefficient (Wildman–Crippen LogP) is 6.17. The normalized spacial score (nSPS) is 14.6. The van der Waals surface area contributed by atoms with Crippen molar-refractivity contribution in [2.75, 3.05) is 39.8 Å². The van der Waals surface area contributed by atoms with Gasteiger partial charge in [-0.3, -0.25) is 10.00 Å². The van der Waals surface area contributed by atoms with Gasteiger partial charge in [0.2, 0.25) is 0 Å². The van der Waals surface area contributed by atoms with Gasteiger partial charge in [-0.15, -0.1) is 11.3 Å². The fourth-order valence-electron chi connectivity index (χ4n) is 4.91. The SMILES string of the molecule is CN1CCN(Cc2ccc3c(c2)Cc2c(-c4csc(C#CCOc5cccc(Cl)c5)c4)n[nH]c2-3)CC1.O=C(O)C(F)(F)F. The molecule has 1 fully saturated rings. The van der Waals surface area contributed by atoms with Crippen molar-refractivity contribution in [1.82, 2.24) is 20.0 Å². The van der Waals surface area contributed by atoms with Crippen LogP contribution in [-0.4, -0.2) is 77.1 Å². The number of hydrogen-bond donors (Lipinski definition) is 2. The fourth-order valence-corrected chi connectivity index (χ4v) is 5.85. The first-order valence-corrected chi connectivity index (χ1v) is 14.7. The van der Waals surface area contributed by atoms with Crippen molar-refractivity contribution in [3.05, 3.63) is 80.5 Å². The molecule has 0 bridgehead atoms. The van der Waals surface area contributed by atoms with Gasteiger partial charge in [0.25, 0.3) is 0 Å². The molecule has 43 heavy (non-hydrogen) atoms. The van der Waals surface area contributed by atoms with E-state index in [2.05, 4.69) is 68.5 Å². The molecule has 0 saturated carbocycles. The molecule has 2 N–H and O–H groups in total. The summed E-state index contributed by atoms with van der Waals surface area (Å²) in [6, 6.07) is 16.4. The van der Waals surface area contributed by atoms with Gasteiger partial charge in [-0.25, -0.2) is 4.79 Å². The van der Waals surface area contributed by atoms with Crippen LogP contribution in [0.3, 0.4) is 0 Å². The summed E-state index contributed by atoms with van der Waals surface area (Å²) >= 11 is 7.64. The smallest absolute Gasteiger partial charge is 0.481 e. The number of carboxylic acid groups (broad SMARTS) is 1. The van der Waals surface area contributed by atoms with Crippen LogP contribution in [0.2, 0.25) is 5.02 Å². The average Bonchev–Trinajstić information content (AvgIpc) is 3.68. The molecular formula is C31H28ClF3N4O3S. The molecule has 0 spiro atoms. The number of ether oxygens (including phenoxy) is 1. The molecule has 2 aliphatic rings. The molecule has 224 valence electrons. The maximum absolute atomic E-state index is 10.6. The molecule has 1 aliphatic carbocycles. The molecule has 2 aromatic heterocycles. The lowest BCUT2D eigenvalue weighted by Gasteiger charge is -2.32. The Morgan fingerprint density at radius 2 is 1.93 bits per heavy atom. The van der Waals surface area contributed by atoms with Gasteiger partial charge in [-0.05, 0) is 42.4 Å². The van der Waals surface area contributed by atoms with E-state index in [9.17, 15) is 13.2 Å². The number of nitrogens with one attached hydrogen (secondary N) is 1. The minimum atomic E-state index is -5.08. The third-order valence-corrected chi connectivity index (χ3v) is 8.19. The van der Waals surface area contributed by atoms with Gasteiger partial charge in [0.1, 0.15) is 12.4 Å². The van der Waals surface area contributed by atoms with Crippen LogP contribution in [0.4, 0.5) is 13.2 Å². The third kappa shape index (κ3) is 7.77. The summed E-state index contributed by atoms with van der Waals surface area (Å²) in [6.07, 6.45) is -4.17. The second-order valence-corrected chi connectivity index (χ2v) is 11.6. The number of aromatic nitrogens is 2. The quantitative estimate of drug-likeness (QED) is 0.227. The summed E-state index contributed by atoms with van der Waals surface area (Å²) in [5, 5.41) is 17.9. The predicted molar refractivity (Wildman–Crippen MR) is 160 cm³/mol. The summed E-state index contributed by atoms with van der Waals surface area (Å²) in [7, 11) is 2.20. The Morgan fingerprint density at radius 3 is 2.65 bits per heavy atom. The zero-order valence-electron chi connectivity index (χ0n) is 23.2. The molecule has 4 aromatic rings. The minimum Gasteiger partial charge on any atom is -0.481 e. The number of piperazine rings is 1. The van der Waals surface area contributed by atoms with E-state index in [-0.39, 0.29) is 0 Å². The van der Waals surface area contributed by atoms with Gasteiger partial charge in [-0.2, -0.15) is 18.3 Å². The molecular weight excluding hydrogens is 601 g/mol. The number of likely N-dealkylation sites (N-methyl/N-ethyl adjacent to an activating group) is 1. The monoisotopic (exact) mass is 628 g/mol. The number of aliphatic carboxylic acids is 1. The second kappa shape index (κ2) is 13.2. The highest BCUT2D eigenvalue weighted by atomic mass is 35.5. The summed E-state index contributed by atoms with van der Waals surface area (Å²) in [5.41, 5.74) is 8.64. The van der Waals surface area contributed by atoms with E-state index >= 15 is 0 Å². The summed E-state index contributed by atoms with van der Waals surface area (Å²) in [4.78, 5) is 14.8. The van der Waals surface area contributed by atoms with E-state index in [1.807, 2.05) is 18.2 Å². The number of thiophene rings is 1. The number of H-pyrrole nitrogens is 1. The molecule has 0 radical (unpaired) electrons. The number of halogens is 4. The van der Waals surface area contributed by atoms with E-state index in [0.29, 0.717) is 11.6 Å². The van der Waals surface area contributed by atoms with Crippen molar-refractivity contribution in [1.29, 1.82) is 0 Å². The number of nitrogens with zero attached hydrogens (tertiary/aromatic N) is 3. The van der Waals surface area contributed by atoms with Crippen LogP contribution in [0, 0.1) is 11.8 Å². The standard InChI is InChI=1S/C29H27ClN4OS.C2HF3O2/c1-33-9-11-34(12-10-33)18-20-7-8-26-21(14-20)16-27-28(31-32-29(26)27)22-15-25(36-19-22)6-3-13-35-24-5-2-4-23(30)17-24;3-2(4,5)1(6)7/h2,4-5,7-8,14-15,17,19H,9-13,16,18H2,1H3,(H,31,32);(H,6,7). The van der Waals surface area contributed by atoms with Gasteiger partial charge in [0.05, 0.1) is 16.3 Å². The molecule has 0 atom stereocenters. The first-order valence-electron chi connectivity index (χ1n) is 13.4. The minimum absolute atomic E-state index is 0.317. The summed E-state index contributed by atoms with van der Waals surface area (Å²) in [6.45, 7) is 5.90. The Labute approximate surface area is 255 Å². The van der Waals surface area contributed by atoms with Gasteiger partial charge in [-0.1, -0.05) is 47.7 Å². The van der Waals surface area contributed by atoms with Crippen LogP contribution in [0.25, 0.3) is 22.5 Å². The Morgan fingerprint density at radius 1 is 1.16 bits per heavy atom. The van der Waals surface area contributed by atoms with Gasteiger partial charge in [0.15, 0.2) is 0 Å². The lowest BCUT2D eigenvalue weighted by molar-refractivity contribution is -0.192. The van der Waals surface area contributed by atoms with Gasteiger partial charge < -0.3 is 14.7 Å². The number of rotatable bonds is 5. The number of alkyl halides is 3. The average molecular weight is 629 g/mol. The Hall–Kier alpha value is -3.82. The maximum atomic E-state index is 10.6. The lowest BCUT2D eigenvalue weighted by Crippen LogP contribution is -2.43. The van der Waals surface area contributed by atoms with Crippen LogP contribution in [0.1, 0.15) is 21.6 Å². The zero-order chi connectivity index (χ0) is 30.6. The van der Waals surface area contributed by atoms with E-state index in [0.717, 1.165) is 66.7 Å². The molecule has 3 heterocycles. The number of hydrogen-bond acceptors (Lipinski definition) is 6. The van der Waals surface area contributed by atoms with Crippen LogP contribution in [-0.2, 0) is 17.8 Å². The molecule has 12 heteroatoms. The molecule has 2 aromatic carbocycles. The Kier molecular flexibility index (Phi) is 9.42. The van der Waals surface area contributed by atoms with E-state index in [1.54, 1.807) is 17.4 Å². The van der Waals surface area contributed by atoms with Crippen LogP contribution < -0.4 is 4.74 Å². The fraction of sp³-hybridized carbons (Fsp3) is 0.290. The van der Waals surface area contributed by atoms with Gasteiger partial charge in [0, 0.05) is 66.2 Å². The molecule has 0 unspecified atom stereocenters. The molecule has 1 saturated heterocycles. The largest absolute Gasteiger partial charge is 0.490 e. The van der Waals surface area contributed by atoms with Crippen LogP contribution >= 0.6 is 22.9 Å². The van der Waals surface area contributed by atoms with Crippen LogP contribution in [0.15, 0.2) is 53.9 Å². The highest BCUT2D eigenvalue weighted by Crippen LogP contribution is 2.41. The van der Waals surface area contributed by atoms with E-state index in [4.69, 9.17) is 26.2 Å². The topological polar surface area (TPSA) is 81.7 Å². The van der Waals surface area contributed by atoms with Crippen molar-refractivity contribution in [2.24, 2.45) is 0 Å². The number of carbonyl (C=O) groups is 1. The first kappa shape index (κ1) is 30.6. The molecule has 0 amide bonds. The lowest BCUT2D eigenvalue weighted by atomic mass is 10.0. The van der Waals surface area contributed by atoms with Crippen LogP contribution in [0.5, 0.6) is 5.75 Å². The zero-order valence-corrected chi connectivity index (χ0v) is 24.7. The molecule has 7 nitrogen and oxygen atoms in total. The van der Waals surface area contributed by atoms with Crippen molar-refractivity contribution in [2.45, 2.75) is 19.1 Å². The second-order valence-electron chi connectivity index (χ2n) is 10.2. The van der Waals surface area contributed by atoms with Crippen molar-refractivity contribution >= 4 is 28.9 Å². The van der Waals surface area contributed by atoms with Crippen molar-refractivity contribution < 1.29 is 27.8 Å². The summed E-state index contributed by atoms with van der Waals surface area (Å²) in [5.74, 6) is 4.27. The van der Waals surface area contributed by atoms with E-state index < -0.39 is 12.1 Å². The number of aromatic amines is 1. The number of carboxylic acids is 1. The van der Waals surface area contributed by atoms with Crippen molar-refractivity contribution in [3.63, 3.8) is 0 Å².